The highest BCUT2D eigenvalue weighted by Gasteiger charge is 2.15. The Balaban J connectivity index is 2.08. The Kier molecular flexibility index (Phi) is 2.72. The van der Waals surface area contributed by atoms with E-state index in [2.05, 4.69) is 15.3 Å². The van der Waals surface area contributed by atoms with Gasteiger partial charge in [-0.1, -0.05) is 0 Å². The van der Waals surface area contributed by atoms with Crippen LogP contribution in [0.2, 0.25) is 0 Å². The summed E-state index contributed by atoms with van der Waals surface area (Å²) >= 11 is 0. The predicted molar refractivity (Wildman–Crippen MR) is 57.6 cm³/mol. The van der Waals surface area contributed by atoms with Crippen molar-refractivity contribution in [1.82, 2.24) is 24.9 Å². The quantitative estimate of drug-likeness (QED) is 0.813. The van der Waals surface area contributed by atoms with Crippen LogP contribution in [0.4, 0.5) is 0 Å². The highest BCUT2D eigenvalue weighted by atomic mass is 16.2. The number of nitrogens with zero attached hydrogens (tertiary/aromatic N) is 4. The second-order valence-corrected chi connectivity index (χ2v) is 3.58. The fraction of sp³-hybridized carbons (Fsp3) is 0.300. The van der Waals surface area contributed by atoms with E-state index in [-0.39, 0.29) is 5.91 Å². The summed E-state index contributed by atoms with van der Waals surface area (Å²) in [6.07, 6.45) is 3.27. The first kappa shape index (κ1) is 10.4. The summed E-state index contributed by atoms with van der Waals surface area (Å²) < 4.78 is 1.56. The minimum Gasteiger partial charge on any atom is -0.335 e. The molecule has 0 aliphatic heterocycles. The lowest BCUT2D eigenvalue weighted by atomic mass is 10.3. The molecule has 6 nitrogen and oxygen atoms in total. The molecule has 0 saturated carbocycles. The van der Waals surface area contributed by atoms with Crippen molar-refractivity contribution >= 4 is 5.91 Å². The minimum absolute atomic E-state index is 0.0606. The van der Waals surface area contributed by atoms with Gasteiger partial charge in [-0.25, -0.2) is 0 Å². The predicted octanol–water partition coefficient (Wildman–Crippen LogP) is 0.415. The molecule has 0 atom stereocenters. The van der Waals surface area contributed by atoms with E-state index < -0.39 is 0 Å². The number of hydrogen-bond donors (Lipinski definition) is 1. The van der Waals surface area contributed by atoms with E-state index in [1.807, 2.05) is 6.07 Å². The van der Waals surface area contributed by atoms with E-state index in [9.17, 15) is 4.79 Å². The van der Waals surface area contributed by atoms with Crippen molar-refractivity contribution in [2.75, 3.05) is 7.05 Å². The van der Waals surface area contributed by atoms with E-state index in [1.54, 1.807) is 42.1 Å². The van der Waals surface area contributed by atoms with Crippen LogP contribution in [0.5, 0.6) is 0 Å². The molecule has 1 amide bonds. The minimum atomic E-state index is -0.0606. The van der Waals surface area contributed by atoms with Crippen LogP contribution >= 0.6 is 0 Å². The van der Waals surface area contributed by atoms with Crippen molar-refractivity contribution in [1.29, 1.82) is 0 Å². The number of hydrogen-bond acceptors (Lipinski definition) is 3. The normalized spacial score (nSPS) is 10.4. The summed E-state index contributed by atoms with van der Waals surface area (Å²) in [6, 6.07) is 3.54. The fourth-order valence-electron chi connectivity index (χ4n) is 1.48. The SMILES string of the molecule is CN(Cc1ccn[nH]1)C(=O)c1ccnn1C. The Morgan fingerprint density at radius 1 is 1.50 bits per heavy atom. The number of nitrogens with one attached hydrogen (secondary N) is 1. The Labute approximate surface area is 92.9 Å². The standard InChI is InChI=1S/C10H13N5O/c1-14(7-8-3-5-11-13-8)10(16)9-4-6-12-15(9)2/h3-6H,7H2,1-2H3,(H,11,13). The summed E-state index contributed by atoms with van der Waals surface area (Å²) in [5, 5.41) is 10.6. The average molecular weight is 219 g/mol. The molecule has 16 heavy (non-hydrogen) atoms. The van der Waals surface area contributed by atoms with Gasteiger partial charge in [0.1, 0.15) is 5.69 Å². The fourth-order valence-corrected chi connectivity index (χ4v) is 1.48. The molecule has 84 valence electrons. The van der Waals surface area contributed by atoms with Crippen molar-refractivity contribution in [2.45, 2.75) is 6.54 Å². The van der Waals surface area contributed by atoms with Gasteiger partial charge < -0.3 is 4.90 Å². The van der Waals surface area contributed by atoms with Crippen molar-refractivity contribution in [2.24, 2.45) is 7.05 Å². The van der Waals surface area contributed by atoms with Gasteiger partial charge in [-0.3, -0.25) is 14.6 Å². The first-order valence-electron chi connectivity index (χ1n) is 4.90. The molecule has 2 aromatic heterocycles. The third kappa shape index (κ3) is 1.95. The molecule has 6 heteroatoms. The molecule has 0 radical (unpaired) electrons. The van der Waals surface area contributed by atoms with Crippen LogP contribution < -0.4 is 0 Å². The number of H-pyrrole nitrogens is 1. The topological polar surface area (TPSA) is 66.8 Å². The summed E-state index contributed by atoms with van der Waals surface area (Å²) in [4.78, 5) is 13.6. The molecule has 0 bridgehead atoms. The van der Waals surface area contributed by atoms with Crippen molar-refractivity contribution in [3.8, 4) is 0 Å². The maximum atomic E-state index is 12.0. The maximum absolute atomic E-state index is 12.0. The number of aromatic amines is 1. The van der Waals surface area contributed by atoms with Gasteiger partial charge in [-0.05, 0) is 12.1 Å². The molecule has 0 saturated heterocycles. The van der Waals surface area contributed by atoms with Gasteiger partial charge >= 0.3 is 0 Å². The Morgan fingerprint density at radius 3 is 2.88 bits per heavy atom. The van der Waals surface area contributed by atoms with Crippen molar-refractivity contribution in [3.05, 3.63) is 35.9 Å². The average Bonchev–Trinajstić information content (AvgIpc) is 2.88. The Bertz CT molecular complexity index is 473. The highest BCUT2D eigenvalue weighted by molar-refractivity contribution is 5.92. The van der Waals surface area contributed by atoms with Gasteiger partial charge in [0.2, 0.25) is 0 Å². The second-order valence-electron chi connectivity index (χ2n) is 3.58. The molecule has 0 aliphatic rings. The lowest BCUT2D eigenvalue weighted by Crippen LogP contribution is -2.28. The van der Waals surface area contributed by atoms with Crippen molar-refractivity contribution < 1.29 is 4.79 Å². The molecule has 0 aromatic carbocycles. The van der Waals surface area contributed by atoms with Gasteiger partial charge in [-0.2, -0.15) is 10.2 Å². The number of aromatic nitrogens is 4. The molecule has 2 rings (SSSR count). The number of rotatable bonds is 3. The van der Waals surface area contributed by atoms with Gasteiger partial charge in [0.05, 0.1) is 12.2 Å². The third-order valence-corrected chi connectivity index (χ3v) is 2.35. The van der Waals surface area contributed by atoms with E-state index in [0.29, 0.717) is 12.2 Å². The molecule has 2 heterocycles. The van der Waals surface area contributed by atoms with Gasteiger partial charge in [0, 0.05) is 26.5 Å². The van der Waals surface area contributed by atoms with Gasteiger partial charge in [-0.15, -0.1) is 0 Å². The van der Waals surface area contributed by atoms with Crippen LogP contribution in [-0.4, -0.2) is 37.8 Å². The number of aryl methyl sites for hydroxylation is 1. The second kappa shape index (κ2) is 4.18. The first-order chi connectivity index (χ1) is 7.68. The van der Waals surface area contributed by atoms with Crippen LogP contribution in [-0.2, 0) is 13.6 Å². The van der Waals surface area contributed by atoms with Crippen LogP contribution in [0.3, 0.4) is 0 Å². The van der Waals surface area contributed by atoms with E-state index in [4.69, 9.17) is 0 Å². The van der Waals surface area contributed by atoms with Crippen LogP contribution in [0, 0.1) is 0 Å². The van der Waals surface area contributed by atoms with Crippen LogP contribution in [0.25, 0.3) is 0 Å². The van der Waals surface area contributed by atoms with E-state index >= 15 is 0 Å². The number of carbonyl (C=O) groups is 1. The molecule has 2 aromatic rings. The zero-order valence-electron chi connectivity index (χ0n) is 9.21. The maximum Gasteiger partial charge on any atom is 0.272 e. The first-order valence-corrected chi connectivity index (χ1v) is 4.90. The third-order valence-electron chi connectivity index (χ3n) is 2.35. The molecular weight excluding hydrogens is 206 g/mol. The zero-order valence-corrected chi connectivity index (χ0v) is 9.21. The summed E-state index contributed by atoms with van der Waals surface area (Å²) in [7, 11) is 3.49. The van der Waals surface area contributed by atoms with Crippen molar-refractivity contribution in [3.63, 3.8) is 0 Å². The summed E-state index contributed by atoms with van der Waals surface area (Å²) in [6.45, 7) is 0.504. The van der Waals surface area contributed by atoms with E-state index in [0.717, 1.165) is 5.69 Å². The monoisotopic (exact) mass is 219 g/mol. The van der Waals surface area contributed by atoms with E-state index in [1.165, 1.54) is 0 Å². The molecular formula is C10H13N5O. The molecule has 0 unspecified atom stereocenters. The smallest absolute Gasteiger partial charge is 0.272 e. The van der Waals surface area contributed by atoms with Crippen LogP contribution in [0.1, 0.15) is 16.2 Å². The summed E-state index contributed by atoms with van der Waals surface area (Å²) in [5.41, 5.74) is 1.47. The van der Waals surface area contributed by atoms with Gasteiger partial charge in [0.25, 0.3) is 5.91 Å². The lowest BCUT2D eigenvalue weighted by molar-refractivity contribution is 0.0772. The molecule has 1 N–H and O–H groups in total. The van der Waals surface area contributed by atoms with Crippen LogP contribution in [0.15, 0.2) is 24.5 Å². The Morgan fingerprint density at radius 2 is 2.31 bits per heavy atom. The van der Waals surface area contributed by atoms with Gasteiger partial charge in [0.15, 0.2) is 0 Å². The number of carbonyl (C=O) groups excluding carboxylic acids is 1. The Hall–Kier alpha value is -2.11. The lowest BCUT2D eigenvalue weighted by Gasteiger charge is -2.15. The highest BCUT2D eigenvalue weighted by Crippen LogP contribution is 2.05. The zero-order chi connectivity index (χ0) is 11.5. The largest absolute Gasteiger partial charge is 0.335 e. The molecule has 0 aliphatic carbocycles. The molecule has 0 spiro atoms. The number of amides is 1. The summed E-state index contributed by atoms with van der Waals surface area (Å²) in [5.74, 6) is -0.0606. The molecule has 0 fully saturated rings.